The van der Waals surface area contributed by atoms with Crippen LogP contribution in [0.5, 0.6) is 0 Å². The van der Waals surface area contributed by atoms with Crippen molar-refractivity contribution >= 4 is 35.6 Å². The number of rotatable bonds is 14. The summed E-state index contributed by atoms with van der Waals surface area (Å²) in [5, 5.41) is 50.3. The molecule has 15 heteroatoms. The average molecular weight is 436 g/mol. The van der Waals surface area contributed by atoms with Crippen LogP contribution in [0.3, 0.4) is 0 Å². The fourth-order valence-corrected chi connectivity index (χ4v) is 2.01. The molecule has 0 rings (SSSR count). The average Bonchev–Trinajstić information content (AvgIpc) is 2.66. The molecule has 0 saturated heterocycles. The number of carboxylic acids is 3. The Hall–Kier alpha value is -3.30. The van der Waals surface area contributed by atoms with Crippen molar-refractivity contribution in [3.8, 4) is 0 Å². The Morgan fingerprint density at radius 2 is 1.20 bits per heavy atom. The zero-order chi connectivity index (χ0) is 23.4. The molecule has 0 aromatic rings. The molecular formula is C15H24N4O11. The zero-order valence-corrected chi connectivity index (χ0v) is 15.6. The Balaban J connectivity index is 5.45. The van der Waals surface area contributed by atoms with Crippen molar-refractivity contribution in [1.29, 1.82) is 0 Å². The first-order chi connectivity index (χ1) is 13.9. The van der Waals surface area contributed by atoms with Crippen LogP contribution in [-0.4, -0.2) is 98.5 Å². The van der Waals surface area contributed by atoms with E-state index in [-0.39, 0.29) is 0 Å². The number of carboxylic acid groups (broad SMARTS) is 3. The number of aliphatic hydroxyl groups excluding tert-OH is 2. The maximum Gasteiger partial charge on any atom is 0.328 e. The summed E-state index contributed by atoms with van der Waals surface area (Å²) in [6.45, 7) is -1.79. The van der Waals surface area contributed by atoms with Gasteiger partial charge in [-0.05, 0) is 6.42 Å². The van der Waals surface area contributed by atoms with E-state index in [0.29, 0.717) is 0 Å². The fourth-order valence-electron chi connectivity index (χ4n) is 2.01. The molecule has 4 atom stereocenters. The van der Waals surface area contributed by atoms with Gasteiger partial charge in [-0.15, -0.1) is 0 Å². The fraction of sp³-hybridized carbons (Fsp3) is 0.600. The summed E-state index contributed by atoms with van der Waals surface area (Å²) in [5.41, 5.74) is 5.27. The lowest BCUT2D eigenvalue weighted by atomic mass is 10.1. The Labute approximate surface area is 169 Å². The summed E-state index contributed by atoms with van der Waals surface area (Å²) < 4.78 is 0. The van der Waals surface area contributed by atoms with Gasteiger partial charge < -0.3 is 47.2 Å². The first-order valence-electron chi connectivity index (χ1n) is 8.47. The van der Waals surface area contributed by atoms with Crippen molar-refractivity contribution < 1.29 is 54.3 Å². The van der Waals surface area contributed by atoms with E-state index in [1.54, 1.807) is 0 Å². The highest BCUT2D eigenvalue weighted by Gasteiger charge is 2.31. The Morgan fingerprint density at radius 3 is 1.63 bits per heavy atom. The topological polar surface area (TPSA) is 266 Å². The Morgan fingerprint density at radius 1 is 0.700 bits per heavy atom. The molecule has 0 heterocycles. The number of aliphatic carboxylic acids is 3. The standard InChI is InChI=1S/C15H24N4O11/c16-6(4-20)12(26)18-8(3-11(24)25)14(28)17-7(1-2-10(22)23)13(27)19-9(5-21)15(29)30/h6-9,20-21H,1-5,16H2,(H,17,28)(H,18,26)(H,19,27)(H,22,23)(H,24,25)(H,29,30). The lowest BCUT2D eigenvalue weighted by Gasteiger charge is -2.24. The van der Waals surface area contributed by atoms with Gasteiger partial charge in [-0.25, -0.2) is 4.79 Å². The highest BCUT2D eigenvalue weighted by atomic mass is 16.4. The lowest BCUT2D eigenvalue weighted by molar-refractivity contribution is -0.144. The third-order valence-corrected chi connectivity index (χ3v) is 3.62. The molecule has 0 aromatic carbocycles. The van der Waals surface area contributed by atoms with Crippen molar-refractivity contribution in [3.05, 3.63) is 0 Å². The molecule has 0 aliphatic rings. The molecule has 30 heavy (non-hydrogen) atoms. The van der Waals surface area contributed by atoms with E-state index in [0.717, 1.165) is 0 Å². The van der Waals surface area contributed by atoms with Crippen LogP contribution < -0.4 is 21.7 Å². The van der Waals surface area contributed by atoms with Gasteiger partial charge >= 0.3 is 17.9 Å². The van der Waals surface area contributed by atoms with Gasteiger partial charge in [-0.2, -0.15) is 0 Å². The van der Waals surface area contributed by atoms with Crippen LogP contribution in [0.2, 0.25) is 0 Å². The molecule has 170 valence electrons. The first kappa shape index (κ1) is 26.7. The number of hydrogen-bond acceptors (Lipinski definition) is 9. The largest absolute Gasteiger partial charge is 0.481 e. The van der Waals surface area contributed by atoms with E-state index in [2.05, 4.69) is 0 Å². The van der Waals surface area contributed by atoms with E-state index in [1.807, 2.05) is 16.0 Å². The van der Waals surface area contributed by atoms with Gasteiger partial charge in [-0.3, -0.25) is 24.0 Å². The summed E-state index contributed by atoms with van der Waals surface area (Å²) in [4.78, 5) is 69.0. The highest BCUT2D eigenvalue weighted by Crippen LogP contribution is 2.03. The minimum atomic E-state index is -1.74. The maximum absolute atomic E-state index is 12.4. The monoisotopic (exact) mass is 436 g/mol. The first-order valence-corrected chi connectivity index (χ1v) is 8.47. The van der Waals surface area contributed by atoms with Crippen LogP contribution >= 0.6 is 0 Å². The van der Waals surface area contributed by atoms with Crippen molar-refractivity contribution in [2.75, 3.05) is 13.2 Å². The molecule has 0 aliphatic heterocycles. The highest BCUT2D eigenvalue weighted by molar-refractivity contribution is 5.95. The second-order valence-corrected chi connectivity index (χ2v) is 6.02. The molecule has 4 unspecified atom stereocenters. The summed E-state index contributed by atoms with van der Waals surface area (Å²) in [6, 6.07) is -6.55. The SMILES string of the molecule is NC(CO)C(=O)NC(CC(=O)O)C(=O)NC(CCC(=O)O)C(=O)NC(CO)C(=O)O. The van der Waals surface area contributed by atoms with E-state index < -0.39 is 92.3 Å². The van der Waals surface area contributed by atoms with Gasteiger partial charge in [0.15, 0.2) is 0 Å². The van der Waals surface area contributed by atoms with Gasteiger partial charge in [-0.1, -0.05) is 0 Å². The van der Waals surface area contributed by atoms with E-state index >= 15 is 0 Å². The van der Waals surface area contributed by atoms with Gasteiger partial charge in [0.05, 0.1) is 19.6 Å². The number of nitrogens with one attached hydrogen (secondary N) is 3. The van der Waals surface area contributed by atoms with Crippen LogP contribution in [0, 0.1) is 0 Å². The molecule has 0 aliphatic carbocycles. The van der Waals surface area contributed by atoms with E-state index in [4.69, 9.17) is 31.3 Å². The quantitative estimate of drug-likeness (QED) is 0.124. The van der Waals surface area contributed by atoms with Gasteiger partial charge in [0, 0.05) is 6.42 Å². The molecule has 0 saturated carbocycles. The van der Waals surface area contributed by atoms with Crippen molar-refractivity contribution in [3.63, 3.8) is 0 Å². The molecule has 0 bridgehead atoms. The minimum Gasteiger partial charge on any atom is -0.481 e. The molecule has 0 radical (unpaired) electrons. The smallest absolute Gasteiger partial charge is 0.328 e. The molecule has 0 aromatic heterocycles. The number of nitrogens with two attached hydrogens (primary N) is 1. The van der Waals surface area contributed by atoms with Crippen LogP contribution in [0.4, 0.5) is 0 Å². The molecule has 15 nitrogen and oxygen atoms in total. The number of carbonyl (C=O) groups is 6. The Bertz CT molecular complexity index is 669. The predicted octanol–water partition coefficient (Wildman–Crippen LogP) is -4.82. The van der Waals surface area contributed by atoms with Gasteiger partial charge in [0.2, 0.25) is 17.7 Å². The molecular weight excluding hydrogens is 412 g/mol. The van der Waals surface area contributed by atoms with Crippen LogP contribution in [-0.2, 0) is 28.8 Å². The van der Waals surface area contributed by atoms with Crippen LogP contribution in [0.1, 0.15) is 19.3 Å². The number of aliphatic hydroxyl groups is 2. The lowest BCUT2D eigenvalue weighted by Crippen LogP contribution is -2.58. The van der Waals surface area contributed by atoms with E-state index in [9.17, 15) is 28.8 Å². The van der Waals surface area contributed by atoms with Gasteiger partial charge in [0.1, 0.15) is 24.2 Å². The predicted molar refractivity (Wildman–Crippen MR) is 94.7 cm³/mol. The van der Waals surface area contributed by atoms with Crippen molar-refractivity contribution in [1.82, 2.24) is 16.0 Å². The van der Waals surface area contributed by atoms with Crippen molar-refractivity contribution in [2.24, 2.45) is 5.73 Å². The number of hydrogen-bond donors (Lipinski definition) is 9. The molecule has 3 amide bonds. The summed E-state index contributed by atoms with van der Waals surface area (Å²) in [5.74, 6) is -7.86. The van der Waals surface area contributed by atoms with Crippen molar-refractivity contribution in [2.45, 2.75) is 43.4 Å². The Kier molecular flexibility index (Phi) is 11.6. The van der Waals surface area contributed by atoms with Crippen LogP contribution in [0.25, 0.3) is 0 Å². The zero-order valence-electron chi connectivity index (χ0n) is 15.6. The second kappa shape index (κ2) is 13.0. The van der Waals surface area contributed by atoms with Crippen LogP contribution in [0.15, 0.2) is 0 Å². The molecule has 0 spiro atoms. The summed E-state index contributed by atoms with van der Waals surface area (Å²) in [7, 11) is 0. The molecule has 10 N–H and O–H groups in total. The third kappa shape index (κ3) is 9.76. The number of amides is 3. The molecule has 0 fully saturated rings. The minimum absolute atomic E-state index is 0.505. The normalized spacial score (nSPS) is 14.5. The van der Waals surface area contributed by atoms with Gasteiger partial charge in [0.25, 0.3) is 0 Å². The summed E-state index contributed by atoms with van der Waals surface area (Å²) >= 11 is 0. The third-order valence-electron chi connectivity index (χ3n) is 3.62. The maximum atomic E-state index is 12.4. The van der Waals surface area contributed by atoms with E-state index in [1.165, 1.54) is 0 Å². The summed E-state index contributed by atoms with van der Waals surface area (Å²) in [6.07, 6.45) is -2.06. The second-order valence-electron chi connectivity index (χ2n) is 6.02. The number of carbonyl (C=O) groups excluding carboxylic acids is 3.